The first-order valence-corrected chi connectivity index (χ1v) is 8.81. The maximum atomic E-state index is 10.9. The quantitative estimate of drug-likeness (QED) is 0.683. The summed E-state index contributed by atoms with van der Waals surface area (Å²) in [5, 5.41) is 22.5. The van der Waals surface area contributed by atoms with Crippen molar-refractivity contribution in [1.82, 2.24) is 24.5 Å². The topological polar surface area (TPSA) is 85.8 Å². The Morgan fingerprint density at radius 2 is 1.88 bits per heavy atom. The van der Waals surface area contributed by atoms with Gasteiger partial charge in [0.25, 0.3) is 0 Å². The minimum atomic E-state index is -0.886. The van der Waals surface area contributed by atoms with E-state index in [0.717, 1.165) is 34.4 Å². The Kier molecular flexibility index (Phi) is 4.89. The number of hydrogen-bond acceptors (Lipinski definition) is 5. The molecule has 0 aliphatic heterocycles. The molecule has 25 heavy (non-hydrogen) atoms. The Morgan fingerprint density at radius 3 is 2.48 bits per heavy atom. The van der Waals surface area contributed by atoms with Crippen molar-refractivity contribution in [1.29, 1.82) is 0 Å². The summed E-state index contributed by atoms with van der Waals surface area (Å²) < 4.78 is 3.79. The van der Waals surface area contributed by atoms with Gasteiger partial charge in [-0.25, -0.2) is 0 Å². The third-order valence-electron chi connectivity index (χ3n) is 4.07. The third-order valence-corrected chi connectivity index (χ3v) is 4.99. The van der Waals surface area contributed by atoms with E-state index in [2.05, 4.69) is 15.3 Å². The Labute approximate surface area is 149 Å². The molecule has 7 nitrogen and oxygen atoms in total. The van der Waals surface area contributed by atoms with E-state index in [1.807, 2.05) is 60.4 Å². The van der Waals surface area contributed by atoms with E-state index in [4.69, 9.17) is 5.11 Å². The number of carboxylic acids is 1. The van der Waals surface area contributed by atoms with Crippen molar-refractivity contribution < 1.29 is 9.90 Å². The molecule has 8 heteroatoms. The van der Waals surface area contributed by atoms with Crippen molar-refractivity contribution in [3.05, 3.63) is 53.1 Å². The van der Waals surface area contributed by atoms with Gasteiger partial charge in [-0.3, -0.25) is 14.0 Å². The molecule has 1 aromatic carbocycles. The standard InChI is InChI=1S/C17H19N5O2S/c1-11-12(2)20-21(13(11)3)9-15-18-19-17(25-10-16(23)24)22(15)14-7-5-4-6-8-14/h4-8H,9-10H2,1-3H3,(H,23,24). The molecule has 3 rings (SSSR count). The molecule has 0 saturated carbocycles. The first-order valence-electron chi connectivity index (χ1n) is 7.82. The van der Waals surface area contributed by atoms with E-state index in [-0.39, 0.29) is 5.75 Å². The van der Waals surface area contributed by atoms with Crippen molar-refractivity contribution in [2.75, 3.05) is 5.75 Å². The first-order chi connectivity index (χ1) is 12.0. The van der Waals surface area contributed by atoms with E-state index < -0.39 is 5.97 Å². The van der Waals surface area contributed by atoms with Crippen molar-refractivity contribution in [2.45, 2.75) is 32.5 Å². The number of hydrogen-bond donors (Lipinski definition) is 1. The number of rotatable bonds is 6. The lowest BCUT2D eigenvalue weighted by atomic mass is 10.2. The minimum Gasteiger partial charge on any atom is -0.481 e. The summed E-state index contributed by atoms with van der Waals surface area (Å²) in [6.45, 7) is 6.52. The van der Waals surface area contributed by atoms with Crippen LogP contribution >= 0.6 is 11.8 Å². The van der Waals surface area contributed by atoms with Gasteiger partial charge in [-0.05, 0) is 38.5 Å². The van der Waals surface area contributed by atoms with Gasteiger partial charge in [0.05, 0.1) is 11.4 Å². The molecule has 0 bridgehead atoms. The van der Waals surface area contributed by atoms with Crippen LogP contribution in [-0.4, -0.2) is 41.4 Å². The van der Waals surface area contributed by atoms with Gasteiger partial charge < -0.3 is 5.11 Å². The van der Waals surface area contributed by atoms with Gasteiger partial charge >= 0.3 is 5.97 Å². The number of aliphatic carboxylic acids is 1. The molecule has 0 aliphatic rings. The van der Waals surface area contributed by atoms with Gasteiger partial charge in [0, 0.05) is 11.4 Å². The highest BCUT2D eigenvalue weighted by Crippen LogP contribution is 2.23. The number of aryl methyl sites for hydroxylation is 1. The Hall–Kier alpha value is -2.61. The van der Waals surface area contributed by atoms with Crippen molar-refractivity contribution in [2.24, 2.45) is 0 Å². The molecule has 130 valence electrons. The Balaban J connectivity index is 2.01. The molecule has 0 radical (unpaired) electrons. The number of para-hydroxylation sites is 1. The van der Waals surface area contributed by atoms with E-state index >= 15 is 0 Å². The van der Waals surface area contributed by atoms with Crippen molar-refractivity contribution in [3.63, 3.8) is 0 Å². The van der Waals surface area contributed by atoms with Gasteiger partial charge in [-0.2, -0.15) is 5.10 Å². The van der Waals surface area contributed by atoms with Crippen molar-refractivity contribution >= 4 is 17.7 Å². The molecular formula is C17H19N5O2S. The Bertz CT molecular complexity index is 901. The highest BCUT2D eigenvalue weighted by molar-refractivity contribution is 7.99. The fourth-order valence-corrected chi connectivity index (χ4v) is 3.22. The van der Waals surface area contributed by atoms with Crippen LogP contribution in [0.4, 0.5) is 0 Å². The number of benzene rings is 1. The summed E-state index contributed by atoms with van der Waals surface area (Å²) >= 11 is 1.15. The first kappa shape index (κ1) is 17.2. The zero-order chi connectivity index (χ0) is 18.0. The monoisotopic (exact) mass is 357 g/mol. The maximum Gasteiger partial charge on any atom is 0.313 e. The third kappa shape index (κ3) is 3.58. The average molecular weight is 357 g/mol. The zero-order valence-electron chi connectivity index (χ0n) is 14.3. The summed E-state index contributed by atoms with van der Waals surface area (Å²) in [6, 6.07) is 9.69. The molecule has 1 N–H and O–H groups in total. The van der Waals surface area contributed by atoms with Crippen LogP contribution in [0, 0.1) is 20.8 Å². The zero-order valence-corrected chi connectivity index (χ0v) is 15.1. The largest absolute Gasteiger partial charge is 0.481 e. The highest BCUT2D eigenvalue weighted by atomic mass is 32.2. The molecule has 0 aliphatic carbocycles. The summed E-state index contributed by atoms with van der Waals surface area (Å²) in [5.74, 6) is -0.239. The van der Waals surface area contributed by atoms with Crippen LogP contribution in [0.2, 0.25) is 0 Å². The second-order valence-corrected chi connectivity index (χ2v) is 6.65. The molecule has 0 fully saturated rings. The van der Waals surface area contributed by atoms with Gasteiger partial charge in [-0.1, -0.05) is 30.0 Å². The Morgan fingerprint density at radius 1 is 1.16 bits per heavy atom. The molecule has 0 atom stereocenters. The fraction of sp³-hybridized carbons (Fsp3) is 0.294. The summed E-state index contributed by atoms with van der Waals surface area (Å²) in [6.07, 6.45) is 0. The lowest BCUT2D eigenvalue weighted by Gasteiger charge is -2.10. The van der Waals surface area contributed by atoms with Crippen LogP contribution in [0.15, 0.2) is 35.5 Å². The molecule has 0 amide bonds. The summed E-state index contributed by atoms with van der Waals surface area (Å²) in [5.41, 5.74) is 4.13. The normalized spacial score (nSPS) is 11.0. The van der Waals surface area contributed by atoms with Crippen LogP contribution in [0.3, 0.4) is 0 Å². The lowest BCUT2D eigenvalue weighted by Crippen LogP contribution is -2.11. The summed E-state index contributed by atoms with van der Waals surface area (Å²) in [7, 11) is 0. The summed E-state index contributed by atoms with van der Waals surface area (Å²) in [4.78, 5) is 10.9. The van der Waals surface area contributed by atoms with Gasteiger partial charge in [0.2, 0.25) is 0 Å². The maximum absolute atomic E-state index is 10.9. The van der Waals surface area contributed by atoms with Gasteiger partial charge in [0.1, 0.15) is 6.54 Å². The molecular weight excluding hydrogens is 338 g/mol. The smallest absolute Gasteiger partial charge is 0.313 e. The van der Waals surface area contributed by atoms with Crippen LogP contribution in [-0.2, 0) is 11.3 Å². The van der Waals surface area contributed by atoms with E-state index in [1.165, 1.54) is 0 Å². The van der Waals surface area contributed by atoms with Gasteiger partial charge in [0.15, 0.2) is 11.0 Å². The number of thioether (sulfide) groups is 1. The predicted molar refractivity (Wildman–Crippen MR) is 95.3 cm³/mol. The number of carbonyl (C=O) groups is 1. The number of carboxylic acid groups (broad SMARTS) is 1. The molecule has 0 saturated heterocycles. The van der Waals surface area contributed by atoms with Crippen molar-refractivity contribution in [3.8, 4) is 5.69 Å². The second-order valence-electron chi connectivity index (χ2n) is 5.71. The van der Waals surface area contributed by atoms with E-state index in [0.29, 0.717) is 17.5 Å². The van der Waals surface area contributed by atoms with Crippen LogP contribution < -0.4 is 0 Å². The SMILES string of the molecule is Cc1nn(Cc2nnc(SCC(=O)O)n2-c2ccccc2)c(C)c1C. The predicted octanol–water partition coefficient (Wildman–Crippen LogP) is 2.61. The van der Waals surface area contributed by atoms with Crippen LogP contribution in [0.1, 0.15) is 22.8 Å². The highest BCUT2D eigenvalue weighted by Gasteiger charge is 2.17. The van der Waals surface area contributed by atoms with Crippen LogP contribution in [0.5, 0.6) is 0 Å². The molecule has 0 unspecified atom stereocenters. The van der Waals surface area contributed by atoms with Gasteiger partial charge in [-0.15, -0.1) is 10.2 Å². The molecule has 0 spiro atoms. The fourth-order valence-electron chi connectivity index (χ4n) is 2.53. The minimum absolute atomic E-state index is 0.0655. The average Bonchev–Trinajstić information content (AvgIpc) is 3.10. The lowest BCUT2D eigenvalue weighted by molar-refractivity contribution is -0.133. The van der Waals surface area contributed by atoms with E-state index in [1.54, 1.807) is 0 Å². The molecule has 3 aromatic rings. The van der Waals surface area contributed by atoms with Crippen LogP contribution in [0.25, 0.3) is 5.69 Å². The second kappa shape index (κ2) is 7.10. The molecule has 2 aromatic heterocycles. The van der Waals surface area contributed by atoms with E-state index in [9.17, 15) is 4.79 Å². The molecule has 2 heterocycles. The number of nitrogens with zero attached hydrogens (tertiary/aromatic N) is 5. The number of aromatic nitrogens is 5.